The van der Waals surface area contributed by atoms with Gasteiger partial charge in [-0.2, -0.15) is 0 Å². The Labute approximate surface area is 145 Å². The second-order valence-electron chi connectivity index (χ2n) is 6.38. The lowest BCUT2D eigenvalue weighted by atomic mass is 10.2. The molecule has 1 aliphatic rings. The summed E-state index contributed by atoms with van der Waals surface area (Å²) in [5.74, 6) is -1.39. The number of amides is 2. The van der Waals surface area contributed by atoms with Gasteiger partial charge in [0.15, 0.2) is 0 Å². The molecule has 0 aromatic heterocycles. The van der Waals surface area contributed by atoms with Gasteiger partial charge < -0.3 is 15.5 Å². The van der Waals surface area contributed by atoms with Crippen molar-refractivity contribution < 1.29 is 14.0 Å². The first-order valence-corrected chi connectivity index (χ1v) is 8.09. The molecule has 2 aromatic carbocycles. The van der Waals surface area contributed by atoms with E-state index in [-0.39, 0.29) is 29.5 Å². The van der Waals surface area contributed by atoms with Crippen molar-refractivity contribution in [3.05, 3.63) is 54.3 Å². The number of nitrogens with one attached hydrogen (secondary N) is 2. The standard InChI is InChI=1S/C19H20FN3O2/c1-23(2)15-9-7-14(8-10-15)22-19(25)17-11-16(17)18(24)21-13-5-3-12(20)4-6-13/h3-10,16-17H,11H2,1-2H3,(H,21,24)(H,22,25). The van der Waals surface area contributed by atoms with Crippen LogP contribution in [0.2, 0.25) is 0 Å². The number of carbonyl (C=O) groups excluding carboxylic acids is 2. The first-order chi connectivity index (χ1) is 11.9. The highest BCUT2D eigenvalue weighted by Gasteiger charge is 2.48. The van der Waals surface area contributed by atoms with Crippen LogP contribution in [0.3, 0.4) is 0 Å². The highest BCUT2D eigenvalue weighted by Crippen LogP contribution is 2.40. The highest BCUT2D eigenvalue weighted by molar-refractivity contribution is 6.03. The Morgan fingerprint density at radius 3 is 1.76 bits per heavy atom. The second kappa shape index (κ2) is 6.93. The molecule has 2 unspecified atom stereocenters. The van der Waals surface area contributed by atoms with E-state index in [2.05, 4.69) is 10.6 Å². The number of rotatable bonds is 5. The first kappa shape index (κ1) is 17.0. The average Bonchev–Trinajstić information content (AvgIpc) is 3.38. The molecule has 0 spiro atoms. The minimum absolute atomic E-state index is 0.156. The van der Waals surface area contributed by atoms with Crippen molar-refractivity contribution in [1.29, 1.82) is 0 Å². The van der Waals surface area contributed by atoms with Crippen LogP contribution in [0.25, 0.3) is 0 Å². The van der Waals surface area contributed by atoms with E-state index in [1.165, 1.54) is 24.3 Å². The maximum absolute atomic E-state index is 12.9. The summed E-state index contributed by atoms with van der Waals surface area (Å²) in [5.41, 5.74) is 2.28. The highest BCUT2D eigenvalue weighted by atomic mass is 19.1. The maximum Gasteiger partial charge on any atom is 0.228 e. The van der Waals surface area contributed by atoms with Crippen LogP contribution in [0, 0.1) is 17.7 Å². The Bertz CT molecular complexity index is 772. The summed E-state index contributed by atoms with van der Waals surface area (Å²) in [6.07, 6.45) is 0.522. The molecule has 1 fully saturated rings. The van der Waals surface area contributed by atoms with Crippen molar-refractivity contribution in [3.8, 4) is 0 Å². The van der Waals surface area contributed by atoms with Crippen molar-refractivity contribution in [2.24, 2.45) is 11.8 Å². The van der Waals surface area contributed by atoms with Gasteiger partial charge in [0.05, 0.1) is 11.8 Å². The van der Waals surface area contributed by atoms with Gasteiger partial charge >= 0.3 is 0 Å². The summed E-state index contributed by atoms with van der Waals surface area (Å²) in [7, 11) is 3.89. The van der Waals surface area contributed by atoms with Crippen LogP contribution >= 0.6 is 0 Å². The van der Waals surface area contributed by atoms with Gasteiger partial charge in [-0.15, -0.1) is 0 Å². The average molecular weight is 341 g/mol. The molecule has 0 aliphatic heterocycles. The summed E-state index contributed by atoms with van der Waals surface area (Å²) in [6.45, 7) is 0. The predicted octanol–water partition coefficient (Wildman–Crippen LogP) is 3.11. The molecule has 0 saturated heterocycles. The minimum atomic E-state index is -0.359. The van der Waals surface area contributed by atoms with Crippen LogP contribution < -0.4 is 15.5 Å². The first-order valence-electron chi connectivity index (χ1n) is 8.09. The molecular formula is C19H20FN3O2. The van der Waals surface area contributed by atoms with Crippen molar-refractivity contribution in [2.75, 3.05) is 29.6 Å². The van der Waals surface area contributed by atoms with Crippen LogP contribution in [-0.2, 0) is 9.59 Å². The normalized spacial score (nSPS) is 18.4. The molecular weight excluding hydrogens is 321 g/mol. The molecule has 0 radical (unpaired) electrons. The molecule has 25 heavy (non-hydrogen) atoms. The van der Waals surface area contributed by atoms with E-state index in [1.807, 2.05) is 43.3 Å². The Morgan fingerprint density at radius 1 is 0.880 bits per heavy atom. The topological polar surface area (TPSA) is 61.4 Å². The summed E-state index contributed by atoms with van der Waals surface area (Å²) in [5, 5.41) is 5.55. The quantitative estimate of drug-likeness (QED) is 0.878. The number of hydrogen-bond donors (Lipinski definition) is 2. The van der Waals surface area contributed by atoms with Crippen LogP contribution in [0.5, 0.6) is 0 Å². The third-order valence-electron chi connectivity index (χ3n) is 4.23. The zero-order valence-corrected chi connectivity index (χ0v) is 14.1. The number of benzene rings is 2. The Hall–Kier alpha value is -2.89. The number of nitrogens with zero attached hydrogens (tertiary/aromatic N) is 1. The van der Waals surface area contributed by atoms with Gasteiger partial charge in [-0.1, -0.05) is 0 Å². The van der Waals surface area contributed by atoms with Crippen LogP contribution in [-0.4, -0.2) is 25.9 Å². The van der Waals surface area contributed by atoms with E-state index in [9.17, 15) is 14.0 Å². The molecule has 0 bridgehead atoms. The molecule has 1 aliphatic carbocycles. The lowest BCUT2D eigenvalue weighted by Gasteiger charge is -2.13. The molecule has 1 saturated carbocycles. The minimum Gasteiger partial charge on any atom is -0.378 e. The van der Waals surface area contributed by atoms with Gasteiger partial charge in [0.25, 0.3) is 0 Å². The van der Waals surface area contributed by atoms with E-state index in [4.69, 9.17) is 0 Å². The van der Waals surface area contributed by atoms with Gasteiger partial charge in [-0.3, -0.25) is 9.59 Å². The predicted molar refractivity (Wildman–Crippen MR) is 96.0 cm³/mol. The van der Waals surface area contributed by atoms with E-state index in [0.29, 0.717) is 17.8 Å². The Balaban J connectivity index is 1.52. The summed E-state index contributed by atoms with van der Waals surface area (Å²) in [6, 6.07) is 13.1. The fourth-order valence-electron chi connectivity index (χ4n) is 2.62. The van der Waals surface area contributed by atoms with Crippen molar-refractivity contribution in [3.63, 3.8) is 0 Å². The molecule has 2 aromatic rings. The summed E-state index contributed by atoms with van der Waals surface area (Å²) < 4.78 is 12.9. The largest absolute Gasteiger partial charge is 0.378 e. The molecule has 2 amide bonds. The zero-order chi connectivity index (χ0) is 18.0. The second-order valence-corrected chi connectivity index (χ2v) is 6.38. The monoisotopic (exact) mass is 341 g/mol. The molecule has 6 heteroatoms. The van der Waals surface area contributed by atoms with Gasteiger partial charge in [0.1, 0.15) is 5.82 Å². The molecule has 2 N–H and O–H groups in total. The van der Waals surface area contributed by atoms with Gasteiger partial charge in [0, 0.05) is 31.2 Å². The number of anilines is 3. The lowest BCUT2D eigenvalue weighted by Crippen LogP contribution is -2.20. The van der Waals surface area contributed by atoms with Gasteiger partial charge in [0.2, 0.25) is 11.8 Å². The zero-order valence-electron chi connectivity index (χ0n) is 14.1. The summed E-state index contributed by atoms with van der Waals surface area (Å²) in [4.78, 5) is 26.4. The number of hydrogen-bond acceptors (Lipinski definition) is 3. The molecule has 130 valence electrons. The fraction of sp³-hybridized carbons (Fsp3) is 0.263. The van der Waals surface area contributed by atoms with E-state index < -0.39 is 0 Å². The Morgan fingerprint density at radius 2 is 1.32 bits per heavy atom. The van der Waals surface area contributed by atoms with E-state index >= 15 is 0 Å². The van der Waals surface area contributed by atoms with Gasteiger partial charge in [-0.05, 0) is 55.0 Å². The van der Waals surface area contributed by atoms with E-state index in [1.54, 1.807) is 0 Å². The number of halogens is 1. The van der Waals surface area contributed by atoms with Crippen LogP contribution in [0.4, 0.5) is 21.5 Å². The Kier molecular flexibility index (Phi) is 4.70. The molecule has 5 nitrogen and oxygen atoms in total. The SMILES string of the molecule is CN(C)c1ccc(NC(=O)C2CC2C(=O)Nc2ccc(F)cc2)cc1. The van der Waals surface area contributed by atoms with Crippen LogP contribution in [0.1, 0.15) is 6.42 Å². The fourth-order valence-corrected chi connectivity index (χ4v) is 2.62. The summed E-state index contributed by atoms with van der Waals surface area (Å²) >= 11 is 0. The lowest BCUT2D eigenvalue weighted by molar-refractivity contribution is -0.122. The number of carbonyl (C=O) groups is 2. The van der Waals surface area contributed by atoms with Crippen molar-refractivity contribution in [2.45, 2.75) is 6.42 Å². The third-order valence-corrected chi connectivity index (χ3v) is 4.23. The van der Waals surface area contributed by atoms with Crippen molar-refractivity contribution in [1.82, 2.24) is 0 Å². The molecule has 2 atom stereocenters. The van der Waals surface area contributed by atoms with Gasteiger partial charge in [-0.25, -0.2) is 4.39 Å². The van der Waals surface area contributed by atoms with Crippen LogP contribution in [0.15, 0.2) is 48.5 Å². The smallest absolute Gasteiger partial charge is 0.228 e. The van der Waals surface area contributed by atoms with Crippen molar-refractivity contribution >= 4 is 28.9 Å². The molecule has 3 rings (SSSR count). The maximum atomic E-state index is 12.9. The molecule has 0 heterocycles. The van der Waals surface area contributed by atoms with E-state index in [0.717, 1.165) is 5.69 Å². The third kappa shape index (κ3) is 4.15.